The van der Waals surface area contributed by atoms with E-state index in [1.807, 2.05) is 13.8 Å². The molecule has 1 aliphatic heterocycles. The summed E-state index contributed by atoms with van der Waals surface area (Å²) in [6, 6.07) is 0. The van der Waals surface area contributed by atoms with Crippen LogP contribution < -0.4 is 5.32 Å². The van der Waals surface area contributed by atoms with Gasteiger partial charge in [0, 0.05) is 11.1 Å². The first kappa shape index (κ1) is 6.06. The molecule has 60 valence electrons. The highest BCUT2D eigenvalue weighted by molar-refractivity contribution is 6.23. The Kier molecular flexibility index (Phi) is 0.747. The second-order valence-electron chi connectivity index (χ2n) is 3.21. The largest absolute Gasteiger partial charge is 0.454 e. The molecule has 0 saturated heterocycles. The lowest BCUT2D eigenvalue weighted by molar-refractivity contribution is 0.103. The van der Waals surface area contributed by atoms with Crippen molar-refractivity contribution in [1.82, 2.24) is 0 Å². The van der Waals surface area contributed by atoms with E-state index in [1.54, 1.807) is 0 Å². The highest BCUT2D eigenvalue weighted by Gasteiger charge is 2.33. The molecule has 0 fully saturated rings. The second-order valence-corrected chi connectivity index (χ2v) is 3.21. The Morgan fingerprint density at radius 2 is 1.92 bits per heavy atom. The fourth-order valence-corrected chi connectivity index (χ4v) is 1.93. The first-order valence-electron chi connectivity index (χ1n) is 3.86. The lowest BCUT2D eigenvalue weighted by atomic mass is 10.1. The van der Waals surface area contributed by atoms with Crippen molar-refractivity contribution in [2.45, 2.75) is 13.8 Å². The maximum atomic E-state index is 11.3. The molecule has 0 radical (unpaired) electrons. The summed E-state index contributed by atoms with van der Waals surface area (Å²) in [6.45, 7) is 3.88. The summed E-state index contributed by atoms with van der Waals surface area (Å²) in [6.07, 6.45) is 0. The van der Waals surface area contributed by atoms with Crippen molar-refractivity contribution in [3.63, 3.8) is 0 Å². The molecule has 1 aliphatic rings. The third-order valence-corrected chi connectivity index (χ3v) is 2.56. The molecule has 0 atom stereocenters. The van der Waals surface area contributed by atoms with Crippen molar-refractivity contribution in [1.29, 1.82) is 0 Å². The number of aryl methyl sites for hydroxylation is 2. The van der Waals surface area contributed by atoms with E-state index in [0.717, 1.165) is 33.5 Å². The van der Waals surface area contributed by atoms with Crippen LogP contribution in [0.3, 0.4) is 0 Å². The molecule has 1 amide bonds. The van der Waals surface area contributed by atoms with Gasteiger partial charge in [0.15, 0.2) is 5.58 Å². The van der Waals surface area contributed by atoms with E-state index < -0.39 is 0 Å². The molecule has 0 aliphatic carbocycles. The van der Waals surface area contributed by atoms with Crippen LogP contribution in [0.1, 0.15) is 21.5 Å². The Morgan fingerprint density at radius 3 is 2.58 bits per heavy atom. The summed E-state index contributed by atoms with van der Waals surface area (Å²) in [5.41, 5.74) is 5.23. The van der Waals surface area contributed by atoms with Gasteiger partial charge in [0.1, 0.15) is 5.58 Å². The Morgan fingerprint density at radius 1 is 1.17 bits per heavy atom. The van der Waals surface area contributed by atoms with Gasteiger partial charge in [0.25, 0.3) is 5.91 Å². The molecular formula is C9H7NO2. The number of carbonyl (C=O) groups excluding carboxylic acids is 1. The van der Waals surface area contributed by atoms with Crippen LogP contribution in [0, 0.1) is 13.8 Å². The first-order chi connectivity index (χ1) is 5.70. The lowest BCUT2D eigenvalue weighted by Gasteiger charge is -1.90. The predicted molar refractivity (Wildman–Crippen MR) is 44.8 cm³/mol. The van der Waals surface area contributed by atoms with Crippen LogP contribution in [0.15, 0.2) is 4.42 Å². The average Bonchev–Trinajstić information content (AvgIpc) is 2.56. The Labute approximate surface area is 68.7 Å². The highest BCUT2D eigenvalue weighted by atomic mass is 16.3. The summed E-state index contributed by atoms with van der Waals surface area (Å²) in [5.74, 6) is -0.0237. The van der Waals surface area contributed by atoms with E-state index in [9.17, 15) is 4.79 Å². The molecular weight excluding hydrogens is 154 g/mol. The predicted octanol–water partition coefficient (Wildman–Crippen LogP) is 2.05. The van der Waals surface area contributed by atoms with E-state index >= 15 is 0 Å². The van der Waals surface area contributed by atoms with Crippen LogP contribution in [0.5, 0.6) is 0 Å². The number of furan rings is 2. The van der Waals surface area contributed by atoms with Crippen LogP contribution in [-0.2, 0) is 0 Å². The number of nitrogens with one attached hydrogen (secondary N) is 1. The lowest BCUT2D eigenvalue weighted by Crippen LogP contribution is -2.04. The van der Waals surface area contributed by atoms with Gasteiger partial charge in [-0.2, -0.15) is 0 Å². The molecule has 0 spiro atoms. The molecule has 0 unspecified atom stereocenters. The normalized spacial score (nSPS) is 14.7. The quantitative estimate of drug-likeness (QED) is 0.642. The number of rotatable bonds is 0. The molecule has 3 heterocycles. The third-order valence-electron chi connectivity index (χ3n) is 2.56. The summed E-state index contributed by atoms with van der Waals surface area (Å²) in [7, 11) is 0. The average molecular weight is 161 g/mol. The van der Waals surface area contributed by atoms with Crippen molar-refractivity contribution in [2.75, 3.05) is 5.32 Å². The fraction of sp³-hybridized carbons (Fsp3) is 0.222. The number of hydrogen-bond donors (Lipinski definition) is 1. The van der Waals surface area contributed by atoms with Crippen LogP contribution >= 0.6 is 0 Å². The second kappa shape index (κ2) is 1.48. The topological polar surface area (TPSA) is 42.2 Å². The number of hydrogen-bond acceptors (Lipinski definition) is 2. The first-order valence-corrected chi connectivity index (χ1v) is 3.86. The van der Waals surface area contributed by atoms with E-state index in [2.05, 4.69) is 5.32 Å². The molecule has 2 aromatic rings. The monoisotopic (exact) mass is 161 g/mol. The van der Waals surface area contributed by atoms with Gasteiger partial charge < -0.3 is 9.73 Å². The number of anilines is 1. The zero-order valence-corrected chi connectivity index (χ0v) is 6.82. The standard InChI is InChI=1S/C9H7NO2/c1-3-5-8-6(10-9(5)11)4(2)7(3)12-8/h1-2H3,(H,10,11). The molecule has 0 saturated carbocycles. The van der Waals surface area contributed by atoms with E-state index in [-0.39, 0.29) is 5.91 Å². The van der Waals surface area contributed by atoms with Gasteiger partial charge in [-0.25, -0.2) is 0 Å². The Balaban J connectivity index is 2.61. The molecule has 1 N–H and O–H groups in total. The minimum atomic E-state index is -0.0237. The van der Waals surface area contributed by atoms with Gasteiger partial charge in [0.2, 0.25) is 0 Å². The van der Waals surface area contributed by atoms with Gasteiger partial charge in [-0.3, -0.25) is 4.79 Å². The van der Waals surface area contributed by atoms with Crippen molar-refractivity contribution >= 4 is 22.8 Å². The number of fused-ring (bicyclic) bond motifs is 1. The van der Waals surface area contributed by atoms with Gasteiger partial charge in [-0.05, 0) is 13.8 Å². The minimum Gasteiger partial charge on any atom is -0.454 e. The fourth-order valence-electron chi connectivity index (χ4n) is 1.93. The zero-order chi connectivity index (χ0) is 8.46. The molecule has 3 rings (SSSR count). The van der Waals surface area contributed by atoms with Crippen molar-refractivity contribution in [2.24, 2.45) is 0 Å². The molecule has 2 bridgehead atoms. The van der Waals surface area contributed by atoms with E-state index in [1.165, 1.54) is 0 Å². The van der Waals surface area contributed by atoms with E-state index in [0.29, 0.717) is 0 Å². The summed E-state index contributed by atoms with van der Waals surface area (Å²) in [5, 5.41) is 2.79. The Bertz CT molecular complexity index is 495. The highest BCUT2D eigenvalue weighted by Crippen LogP contribution is 2.43. The molecule has 2 aromatic heterocycles. The summed E-state index contributed by atoms with van der Waals surface area (Å²) < 4.78 is 5.46. The van der Waals surface area contributed by atoms with Crippen molar-refractivity contribution in [3.05, 3.63) is 16.7 Å². The molecule has 12 heavy (non-hydrogen) atoms. The van der Waals surface area contributed by atoms with Crippen molar-refractivity contribution < 1.29 is 9.21 Å². The Hall–Kier alpha value is -1.51. The number of amides is 1. The van der Waals surface area contributed by atoms with Crippen LogP contribution in [-0.4, -0.2) is 5.91 Å². The summed E-state index contributed by atoms with van der Waals surface area (Å²) in [4.78, 5) is 11.3. The van der Waals surface area contributed by atoms with Crippen LogP contribution in [0.25, 0.3) is 11.2 Å². The van der Waals surface area contributed by atoms with Gasteiger partial charge in [0.05, 0.1) is 11.3 Å². The van der Waals surface area contributed by atoms with Crippen LogP contribution in [0.4, 0.5) is 5.69 Å². The van der Waals surface area contributed by atoms with Crippen LogP contribution in [0.2, 0.25) is 0 Å². The SMILES string of the molecule is Cc1c2c3oc1c(C)c3C(=O)N2. The molecule has 3 nitrogen and oxygen atoms in total. The maximum absolute atomic E-state index is 11.3. The number of benzene rings is 1. The molecule has 3 heteroatoms. The maximum Gasteiger partial charge on any atom is 0.260 e. The smallest absolute Gasteiger partial charge is 0.260 e. The van der Waals surface area contributed by atoms with Crippen molar-refractivity contribution in [3.8, 4) is 0 Å². The van der Waals surface area contributed by atoms with Gasteiger partial charge in [-0.1, -0.05) is 0 Å². The molecule has 0 aromatic carbocycles. The van der Waals surface area contributed by atoms with Gasteiger partial charge >= 0.3 is 0 Å². The van der Waals surface area contributed by atoms with E-state index in [4.69, 9.17) is 4.42 Å². The third kappa shape index (κ3) is 0.400. The van der Waals surface area contributed by atoms with Gasteiger partial charge in [-0.15, -0.1) is 0 Å². The zero-order valence-electron chi connectivity index (χ0n) is 6.82. The minimum absolute atomic E-state index is 0.0237. The summed E-state index contributed by atoms with van der Waals surface area (Å²) >= 11 is 0. The number of carbonyl (C=O) groups is 1.